The summed E-state index contributed by atoms with van der Waals surface area (Å²) >= 11 is 0. The van der Waals surface area contributed by atoms with Gasteiger partial charge in [0.2, 0.25) is 11.8 Å². The van der Waals surface area contributed by atoms with Gasteiger partial charge >= 0.3 is 0 Å². The van der Waals surface area contributed by atoms with Crippen molar-refractivity contribution in [3.63, 3.8) is 0 Å². The molecule has 1 aromatic heterocycles. The fraction of sp³-hybridized carbons (Fsp3) is 0.750. The van der Waals surface area contributed by atoms with Gasteiger partial charge in [0, 0.05) is 13.0 Å². The van der Waals surface area contributed by atoms with Crippen LogP contribution >= 0.6 is 0 Å². The summed E-state index contributed by atoms with van der Waals surface area (Å²) in [5.41, 5.74) is -0.782. The number of hydrogen-bond acceptors (Lipinski definition) is 5. The molecule has 1 unspecified atom stereocenters. The molecule has 1 saturated carbocycles. The highest BCUT2D eigenvalue weighted by atomic mass is 16.2. The lowest BCUT2D eigenvalue weighted by molar-refractivity contribution is -0.139. The maximum Gasteiger partial charge on any atom is 0.248 e. The summed E-state index contributed by atoms with van der Waals surface area (Å²) in [4.78, 5) is 27.6. The fourth-order valence-corrected chi connectivity index (χ4v) is 2.72. The zero-order chi connectivity index (χ0) is 14.3. The van der Waals surface area contributed by atoms with Crippen LogP contribution in [0.3, 0.4) is 0 Å². The number of hydrogen-bond donors (Lipinski definition) is 1. The highest BCUT2D eigenvalue weighted by molar-refractivity contribution is 5.93. The second-order valence-electron chi connectivity index (χ2n) is 5.70. The third-order valence-corrected chi connectivity index (χ3v) is 4.02. The highest BCUT2D eigenvalue weighted by Crippen LogP contribution is 2.41. The quantitative estimate of drug-likeness (QED) is 0.783. The second-order valence-corrected chi connectivity index (χ2v) is 5.70. The Labute approximate surface area is 116 Å². The minimum absolute atomic E-state index is 0.0432. The molecule has 2 heterocycles. The SMILES string of the molecule is Cn1nnc(CN2CCC(=O)NC(C)(C3CC3)C2=O)n1. The van der Waals surface area contributed by atoms with E-state index in [1.165, 1.54) is 4.80 Å². The number of aromatic nitrogens is 4. The summed E-state index contributed by atoms with van der Waals surface area (Å²) < 4.78 is 0. The zero-order valence-electron chi connectivity index (χ0n) is 11.7. The van der Waals surface area contributed by atoms with Crippen LogP contribution in [-0.2, 0) is 23.2 Å². The summed E-state index contributed by atoms with van der Waals surface area (Å²) in [5, 5.41) is 14.7. The largest absolute Gasteiger partial charge is 0.342 e. The van der Waals surface area contributed by atoms with E-state index in [0.717, 1.165) is 12.8 Å². The number of tetrazole rings is 1. The van der Waals surface area contributed by atoms with Gasteiger partial charge in [-0.2, -0.15) is 4.80 Å². The zero-order valence-corrected chi connectivity index (χ0v) is 11.7. The van der Waals surface area contributed by atoms with Gasteiger partial charge in [-0.1, -0.05) is 0 Å². The number of carbonyl (C=O) groups is 2. The lowest BCUT2D eigenvalue weighted by atomic mass is 9.94. The Kier molecular flexibility index (Phi) is 2.95. The lowest BCUT2D eigenvalue weighted by Gasteiger charge is -2.31. The monoisotopic (exact) mass is 278 g/mol. The van der Waals surface area contributed by atoms with Gasteiger partial charge in [0.15, 0.2) is 5.82 Å². The number of rotatable bonds is 3. The van der Waals surface area contributed by atoms with Gasteiger partial charge in [-0.25, -0.2) is 0 Å². The van der Waals surface area contributed by atoms with Crippen LogP contribution in [0.2, 0.25) is 0 Å². The van der Waals surface area contributed by atoms with E-state index in [2.05, 4.69) is 20.7 Å². The van der Waals surface area contributed by atoms with Crippen LogP contribution < -0.4 is 5.32 Å². The second kappa shape index (κ2) is 4.53. The number of carbonyl (C=O) groups excluding carboxylic acids is 2. The molecular weight excluding hydrogens is 260 g/mol. The highest BCUT2D eigenvalue weighted by Gasteiger charge is 2.51. The molecule has 1 saturated heterocycles. The average Bonchev–Trinajstić information content (AvgIpc) is 3.18. The van der Waals surface area contributed by atoms with Crippen LogP contribution in [0.25, 0.3) is 0 Å². The molecule has 1 aliphatic carbocycles. The number of aryl methyl sites for hydroxylation is 1. The van der Waals surface area contributed by atoms with E-state index < -0.39 is 5.54 Å². The first-order chi connectivity index (χ1) is 9.49. The van der Waals surface area contributed by atoms with Gasteiger partial charge in [0.25, 0.3) is 0 Å². The van der Waals surface area contributed by atoms with Crippen LogP contribution in [0, 0.1) is 5.92 Å². The number of nitrogens with zero attached hydrogens (tertiary/aromatic N) is 5. The molecule has 0 radical (unpaired) electrons. The van der Waals surface area contributed by atoms with Crippen molar-refractivity contribution in [3.8, 4) is 0 Å². The smallest absolute Gasteiger partial charge is 0.248 e. The van der Waals surface area contributed by atoms with Crippen molar-refractivity contribution in [2.24, 2.45) is 13.0 Å². The summed E-state index contributed by atoms with van der Waals surface area (Å²) in [6, 6.07) is 0. The first-order valence-corrected chi connectivity index (χ1v) is 6.82. The predicted molar refractivity (Wildman–Crippen MR) is 68.1 cm³/mol. The fourth-order valence-electron chi connectivity index (χ4n) is 2.72. The Morgan fingerprint density at radius 3 is 2.75 bits per heavy atom. The van der Waals surface area contributed by atoms with E-state index >= 15 is 0 Å². The van der Waals surface area contributed by atoms with E-state index in [1.54, 1.807) is 11.9 Å². The van der Waals surface area contributed by atoms with Crippen LogP contribution in [0.15, 0.2) is 0 Å². The van der Waals surface area contributed by atoms with E-state index in [1.807, 2.05) is 6.92 Å². The Hall–Kier alpha value is -1.99. The maximum absolute atomic E-state index is 12.7. The number of amides is 2. The summed E-state index contributed by atoms with van der Waals surface area (Å²) in [6.45, 7) is 2.52. The normalized spacial score (nSPS) is 27.4. The van der Waals surface area contributed by atoms with Gasteiger partial charge in [-0.3, -0.25) is 9.59 Å². The summed E-state index contributed by atoms with van der Waals surface area (Å²) in [7, 11) is 1.68. The average molecular weight is 278 g/mol. The first kappa shape index (κ1) is 13.0. The molecule has 8 heteroatoms. The van der Waals surface area contributed by atoms with Crippen molar-refractivity contribution in [2.45, 2.75) is 38.3 Å². The third-order valence-electron chi connectivity index (χ3n) is 4.02. The molecule has 2 fully saturated rings. The van der Waals surface area contributed by atoms with Gasteiger partial charge < -0.3 is 10.2 Å². The molecule has 0 aromatic carbocycles. The molecule has 1 atom stereocenters. The molecule has 1 aliphatic heterocycles. The Balaban J connectivity index is 1.82. The molecule has 2 aliphatic rings. The van der Waals surface area contributed by atoms with Crippen LogP contribution in [-0.4, -0.2) is 49.0 Å². The van der Waals surface area contributed by atoms with Crippen molar-refractivity contribution in [2.75, 3.05) is 6.54 Å². The van der Waals surface area contributed by atoms with E-state index in [9.17, 15) is 9.59 Å². The first-order valence-electron chi connectivity index (χ1n) is 6.82. The molecule has 20 heavy (non-hydrogen) atoms. The molecule has 0 bridgehead atoms. The predicted octanol–water partition coefficient (Wildman–Crippen LogP) is -0.773. The van der Waals surface area contributed by atoms with Gasteiger partial charge in [-0.15, -0.1) is 10.2 Å². The van der Waals surface area contributed by atoms with Crippen molar-refractivity contribution in [3.05, 3.63) is 5.82 Å². The molecule has 2 amide bonds. The van der Waals surface area contributed by atoms with Crippen molar-refractivity contribution < 1.29 is 9.59 Å². The molecule has 3 rings (SSSR count). The minimum atomic E-state index is -0.782. The van der Waals surface area contributed by atoms with Gasteiger partial charge in [0.1, 0.15) is 5.54 Å². The standard InChI is InChI=1S/C12H18N6O2/c1-12(8-3-4-8)11(20)18(6-5-10(19)13-12)7-9-14-16-17(2)15-9/h8H,3-7H2,1-2H3,(H,13,19). The molecule has 0 spiro atoms. The molecule has 8 nitrogen and oxygen atoms in total. The van der Waals surface area contributed by atoms with Crippen molar-refractivity contribution >= 4 is 11.8 Å². The maximum atomic E-state index is 12.7. The van der Waals surface area contributed by atoms with E-state index in [0.29, 0.717) is 25.3 Å². The minimum Gasteiger partial charge on any atom is -0.342 e. The van der Waals surface area contributed by atoms with Crippen molar-refractivity contribution in [1.82, 2.24) is 30.4 Å². The summed E-state index contributed by atoms with van der Waals surface area (Å²) in [6.07, 6.45) is 2.29. The van der Waals surface area contributed by atoms with Crippen LogP contribution in [0.1, 0.15) is 32.0 Å². The molecule has 1 N–H and O–H groups in total. The van der Waals surface area contributed by atoms with E-state index in [4.69, 9.17) is 0 Å². The third kappa shape index (κ3) is 2.25. The molecule has 108 valence electrons. The Morgan fingerprint density at radius 1 is 1.40 bits per heavy atom. The Bertz CT molecular complexity index is 552. The molecular formula is C12H18N6O2. The topological polar surface area (TPSA) is 93.0 Å². The van der Waals surface area contributed by atoms with Crippen LogP contribution in [0.4, 0.5) is 0 Å². The van der Waals surface area contributed by atoms with Crippen LogP contribution in [0.5, 0.6) is 0 Å². The molecule has 1 aromatic rings. The van der Waals surface area contributed by atoms with Crippen molar-refractivity contribution in [1.29, 1.82) is 0 Å². The van der Waals surface area contributed by atoms with Gasteiger partial charge in [0.05, 0.1) is 13.6 Å². The Morgan fingerprint density at radius 2 is 2.15 bits per heavy atom. The van der Waals surface area contributed by atoms with E-state index in [-0.39, 0.29) is 17.7 Å². The number of nitrogens with one attached hydrogen (secondary N) is 1. The van der Waals surface area contributed by atoms with Gasteiger partial charge in [-0.05, 0) is 30.9 Å². The lowest BCUT2D eigenvalue weighted by Crippen LogP contribution is -2.56. The summed E-state index contributed by atoms with van der Waals surface area (Å²) in [5.74, 6) is 0.628.